The highest BCUT2D eigenvalue weighted by Gasteiger charge is 2.37. The van der Waals surface area contributed by atoms with E-state index in [-0.39, 0.29) is 12.1 Å². The smallest absolute Gasteiger partial charge is 0.320 e. The summed E-state index contributed by atoms with van der Waals surface area (Å²) in [4.78, 5) is 23.1. The van der Waals surface area contributed by atoms with Crippen LogP contribution in [0.3, 0.4) is 0 Å². The Kier molecular flexibility index (Phi) is 6.01. The highest BCUT2D eigenvalue weighted by atomic mass is 35.5. The zero-order valence-electron chi connectivity index (χ0n) is 17.4. The van der Waals surface area contributed by atoms with Gasteiger partial charge in [0.25, 0.3) is 0 Å². The summed E-state index contributed by atoms with van der Waals surface area (Å²) < 4.78 is 15.9. The van der Waals surface area contributed by atoms with Crippen LogP contribution in [0, 0.1) is 6.92 Å². The fourth-order valence-electron chi connectivity index (χ4n) is 4.16. The number of methoxy groups -OCH3 is 2. The van der Waals surface area contributed by atoms with E-state index in [1.54, 1.807) is 26.0 Å². The average Bonchev–Trinajstić information content (AvgIpc) is 3.45. The normalized spacial score (nSPS) is 19.7. The van der Waals surface area contributed by atoms with Gasteiger partial charge >= 0.3 is 6.03 Å². The maximum absolute atomic E-state index is 12.9. The minimum Gasteiger partial charge on any atom is -0.493 e. The van der Waals surface area contributed by atoms with Gasteiger partial charge in [0, 0.05) is 38.8 Å². The molecule has 0 saturated carbocycles. The van der Waals surface area contributed by atoms with Crippen LogP contribution in [0.2, 0.25) is 5.02 Å². The van der Waals surface area contributed by atoms with Crippen molar-refractivity contribution in [2.45, 2.75) is 32.5 Å². The SMILES string of the molecule is COc1ccc(CN2CCC(N3CCN(Cc4nc(C)no4)C3=O)C2)c(Cl)c1OC. The second-order valence-electron chi connectivity index (χ2n) is 7.58. The molecule has 0 N–H and O–H groups in total. The summed E-state index contributed by atoms with van der Waals surface area (Å²) >= 11 is 6.53. The quantitative estimate of drug-likeness (QED) is 0.660. The fourth-order valence-corrected chi connectivity index (χ4v) is 4.45. The van der Waals surface area contributed by atoms with Gasteiger partial charge in [-0.3, -0.25) is 4.90 Å². The highest BCUT2D eigenvalue weighted by molar-refractivity contribution is 6.33. The van der Waals surface area contributed by atoms with E-state index < -0.39 is 0 Å². The van der Waals surface area contributed by atoms with Gasteiger partial charge < -0.3 is 23.8 Å². The number of ether oxygens (including phenoxy) is 2. The van der Waals surface area contributed by atoms with Crippen LogP contribution < -0.4 is 9.47 Å². The molecule has 1 aromatic heterocycles. The Hall–Kier alpha value is -2.52. The molecule has 30 heavy (non-hydrogen) atoms. The van der Waals surface area contributed by atoms with Gasteiger partial charge in [0.05, 0.1) is 19.2 Å². The van der Waals surface area contributed by atoms with Gasteiger partial charge in [-0.2, -0.15) is 4.98 Å². The molecule has 2 saturated heterocycles. The highest BCUT2D eigenvalue weighted by Crippen LogP contribution is 2.38. The van der Waals surface area contributed by atoms with E-state index in [1.165, 1.54) is 0 Å². The Balaban J connectivity index is 1.36. The number of nitrogens with zero attached hydrogens (tertiary/aromatic N) is 5. The molecule has 2 aliphatic rings. The predicted octanol–water partition coefficient (Wildman–Crippen LogP) is 2.56. The number of carbonyl (C=O) groups is 1. The first-order chi connectivity index (χ1) is 14.5. The molecule has 2 fully saturated rings. The van der Waals surface area contributed by atoms with Crippen LogP contribution in [-0.2, 0) is 13.1 Å². The first-order valence-electron chi connectivity index (χ1n) is 9.96. The number of aryl methyl sites for hydroxylation is 1. The van der Waals surface area contributed by atoms with Crippen molar-refractivity contribution < 1.29 is 18.8 Å². The van der Waals surface area contributed by atoms with Crippen LogP contribution in [0.4, 0.5) is 4.79 Å². The largest absolute Gasteiger partial charge is 0.493 e. The maximum atomic E-state index is 12.9. The standard InChI is InChI=1S/C20H26ClN5O4/c1-13-22-17(30-23-13)12-25-8-9-26(20(25)27)15-6-7-24(11-15)10-14-4-5-16(28-2)19(29-3)18(14)21/h4-5,15H,6-12H2,1-3H3. The summed E-state index contributed by atoms with van der Waals surface area (Å²) in [7, 11) is 3.18. The molecule has 0 bridgehead atoms. The monoisotopic (exact) mass is 435 g/mol. The van der Waals surface area contributed by atoms with Crippen molar-refractivity contribution in [1.29, 1.82) is 0 Å². The summed E-state index contributed by atoms with van der Waals surface area (Å²) in [5, 5.41) is 4.36. The Bertz CT molecular complexity index is 921. The van der Waals surface area contributed by atoms with E-state index in [2.05, 4.69) is 15.0 Å². The number of amides is 2. The Labute approximate surface area is 180 Å². The first kappa shape index (κ1) is 20.7. The molecule has 1 unspecified atom stereocenters. The van der Waals surface area contributed by atoms with Crippen LogP contribution in [0.15, 0.2) is 16.7 Å². The fraction of sp³-hybridized carbons (Fsp3) is 0.550. The summed E-state index contributed by atoms with van der Waals surface area (Å²) in [5.74, 6) is 2.21. The van der Waals surface area contributed by atoms with Crippen molar-refractivity contribution in [3.8, 4) is 11.5 Å². The van der Waals surface area contributed by atoms with Crippen LogP contribution in [0.25, 0.3) is 0 Å². The van der Waals surface area contributed by atoms with Gasteiger partial charge in [0.15, 0.2) is 17.3 Å². The van der Waals surface area contributed by atoms with E-state index in [9.17, 15) is 4.79 Å². The number of halogens is 1. The number of carbonyl (C=O) groups excluding carboxylic acids is 1. The van der Waals surface area contributed by atoms with Crippen molar-refractivity contribution in [3.63, 3.8) is 0 Å². The van der Waals surface area contributed by atoms with Crippen molar-refractivity contribution >= 4 is 17.6 Å². The molecule has 3 heterocycles. The summed E-state index contributed by atoms with van der Waals surface area (Å²) in [6.07, 6.45) is 0.935. The van der Waals surface area contributed by atoms with E-state index in [1.807, 2.05) is 17.0 Å². The first-order valence-corrected chi connectivity index (χ1v) is 10.3. The molecule has 1 atom stereocenters. The van der Waals surface area contributed by atoms with Crippen LogP contribution in [-0.4, -0.2) is 77.3 Å². The minimum absolute atomic E-state index is 0.0295. The molecule has 9 nitrogen and oxygen atoms in total. The number of rotatable bonds is 7. The molecule has 2 amide bonds. The van der Waals surface area contributed by atoms with Gasteiger partial charge in [0.1, 0.15) is 6.54 Å². The molecule has 4 rings (SSSR count). The second kappa shape index (κ2) is 8.69. The lowest BCUT2D eigenvalue weighted by Crippen LogP contribution is -2.40. The average molecular weight is 436 g/mol. The van der Waals surface area contributed by atoms with Gasteiger partial charge in [-0.05, 0) is 25.0 Å². The topological polar surface area (TPSA) is 84.2 Å². The molecule has 2 aliphatic heterocycles. The molecule has 1 aromatic carbocycles. The van der Waals surface area contributed by atoms with Crippen molar-refractivity contribution in [2.75, 3.05) is 40.4 Å². The number of hydrogen-bond donors (Lipinski definition) is 0. The molecule has 10 heteroatoms. The molecular formula is C20H26ClN5O4. The van der Waals surface area contributed by atoms with Crippen molar-refractivity contribution in [3.05, 3.63) is 34.4 Å². The van der Waals surface area contributed by atoms with Gasteiger partial charge in [0.2, 0.25) is 5.89 Å². The third-order valence-corrected chi connectivity index (χ3v) is 6.08. The summed E-state index contributed by atoms with van der Waals surface area (Å²) in [6.45, 7) is 5.91. The van der Waals surface area contributed by atoms with Crippen molar-refractivity contribution in [1.82, 2.24) is 24.8 Å². The molecule has 2 aromatic rings. The second-order valence-corrected chi connectivity index (χ2v) is 7.96. The van der Waals surface area contributed by atoms with E-state index in [0.717, 1.165) is 25.1 Å². The number of urea groups is 1. The lowest BCUT2D eigenvalue weighted by Gasteiger charge is -2.25. The lowest BCUT2D eigenvalue weighted by molar-refractivity contribution is 0.170. The Morgan fingerprint density at radius 2 is 2.03 bits per heavy atom. The lowest BCUT2D eigenvalue weighted by atomic mass is 10.2. The number of hydrogen-bond acceptors (Lipinski definition) is 7. The summed E-state index contributed by atoms with van der Waals surface area (Å²) in [5.41, 5.74) is 0.983. The molecule has 0 aliphatic carbocycles. The van der Waals surface area contributed by atoms with Gasteiger partial charge in [-0.15, -0.1) is 0 Å². The molecule has 162 valence electrons. The molecular weight excluding hydrogens is 410 g/mol. The van der Waals surface area contributed by atoms with Crippen LogP contribution >= 0.6 is 11.6 Å². The third kappa shape index (κ3) is 4.04. The zero-order valence-corrected chi connectivity index (χ0v) is 18.2. The third-order valence-electron chi connectivity index (χ3n) is 5.67. The Morgan fingerprint density at radius 3 is 2.73 bits per heavy atom. The Morgan fingerprint density at radius 1 is 1.20 bits per heavy atom. The van der Waals surface area contributed by atoms with Gasteiger partial charge in [-0.1, -0.05) is 22.8 Å². The predicted molar refractivity (Wildman–Crippen MR) is 110 cm³/mol. The number of aromatic nitrogens is 2. The molecule has 0 spiro atoms. The summed E-state index contributed by atoms with van der Waals surface area (Å²) in [6, 6.07) is 4.05. The number of benzene rings is 1. The van der Waals surface area contributed by atoms with E-state index in [0.29, 0.717) is 54.4 Å². The zero-order chi connectivity index (χ0) is 21.3. The van der Waals surface area contributed by atoms with E-state index in [4.69, 9.17) is 25.6 Å². The molecule has 0 radical (unpaired) electrons. The number of likely N-dealkylation sites (tertiary alicyclic amines) is 1. The van der Waals surface area contributed by atoms with E-state index >= 15 is 0 Å². The minimum atomic E-state index is 0.0295. The van der Waals surface area contributed by atoms with Crippen LogP contribution in [0.5, 0.6) is 11.5 Å². The van der Waals surface area contributed by atoms with Crippen molar-refractivity contribution in [2.24, 2.45) is 0 Å². The maximum Gasteiger partial charge on any atom is 0.320 e. The van der Waals surface area contributed by atoms with Gasteiger partial charge in [-0.25, -0.2) is 4.79 Å². The van der Waals surface area contributed by atoms with Crippen LogP contribution in [0.1, 0.15) is 23.7 Å².